The molecule has 0 unspecified atom stereocenters. The third-order valence-electron chi connectivity index (χ3n) is 7.07. The van der Waals surface area contributed by atoms with E-state index in [-0.39, 0.29) is 0 Å². The third-order valence-corrected chi connectivity index (χ3v) is 7.07. The topological polar surface area (TPSA) is 216 Å². The lowest BCUT2D eigenvalue weighted by atomic mass is 9.88. The number of halogens is 4. The monoisotopic (exact) mass is 604 g/mol. The van der Waals surface area contributed by atoms with E-state index in [0.29, 0.717) is 12.1 Å². The van der Waals surface area contributed by atoms with Crippen LogP contribution in [-0.4, -0.2) is 9.97 Å². The summed E-state index contributed by atoms with van der Waals surface area (Å²) in [5.41, 5.74) is -11.2. The lowest BCUT2D eigenvalue weighted by Gasteiger charge is -2.14. The average Bonchev–Trinajstić information content (AvgIpc) is 3.59. The normalized spacial score (nSPS) is 12.3. The molecular formula is C32H4F4N10. The lowest BCUT2D eigenvalue weighted by molar-refractivity contribution is 0.582. The van der Waals surface area contributed by atoms with Gasteiger partial charge in [0.25, 0.3) is 0 Å². The van der Waals surface area contributed by atoms with Crippen LogP contribution >= 0.6 is 0 Å². The van der Waals surface area contributed by atoms with Gasteiger partial charge in [0.2, 0.25) is 11.9 Å². The number of nitrogens with zero attached hydrogens (tertiary/aromatic N) is 10. The van der Waals surface area contributed by atoms with Crippen LogP contribution in [0, 0.1) is 114 Å². The van der Waals surface area contributed by atoms with E-state index in [4.69, 9.17) is 0 Å². The minimum Gasteiger partial charge on any atom is -0.227 e. The van der Waals surface area contributed by atoms with E-state index >= 15 is 8.78 Å². The number of aromatic nitrogens is 2. The van der Waals surface area contributed by atoms with Crippen LogP contribution in [0.2, 0.25) is 0 Å². The molecule has 46 heavy (non-hydrogen) atoms. The second kappa shape index (κ2) is 11.1. The van der Waals surface area contributed by atoms with Crippen molar-refractivity contribution in [2.75, 3.05) is 0 Å². The Kier molecular flexibility index (Phi) is 7.13. The first-order valence-corrected chi connectivity index (χ1v) is 12.2. The number of allylic oxidation sites excluding steroid dienone is 8. The number of pyridine rings is 2. The highest BCUT2D eigenvalue weighted by Crippen LogP contribution is 2.57. The molecule has 14 heteroatoms. The van der Waals surface area contributed by atoms with Crippen molar-refractivity contribution in [1.29, 1.82) is 42.1 Å². The van der Waals surface area contributed by atoms with E-state index in [1.54, 1.807) is 24.3 Å². The first kappa shape index (κ1) is 29.6. The molecule has 5 rings (SSSR count). The van der Waals surface area contributed by atoms with Crippen molar-refractivity contribution in [1.82, 2.24) is 9.97 Å². The molecule has 3 aromatic rings. The molecule has 0 saturated carbocycles. The maximum atomic E-state index is 17.0. The molecule has 0 atom stereocenters. The molecule has 2 aliphatic rings. The Balaban J connectivity index is 2.09. The van der Waals surface area contributed by atoms with Gasteiger partial charge in [0.05, 0.1) is 22.3 Å². The Morgan fingerprint density at radius 3 is 1.13 bits per heavy atom. The van der Waals surface area contributed by atoms with Crippen molar-refractivity contribution >= 4 is 33.4 Å². The van der Waals surface area contributed by atoms with E-state index in [9.17, 15) is 50.9 Å². The molecule has 2 aromatic heterocycles. The van der Waals surface area contributed by atoms with Crippen molar-refractivity contribution in [2.24, 2.45) is 0 Å². The van der Waals surface area contributed by atoms with Gasteiger partial charge in [-0.2, -0.15) is 50.9 Å². The largest absolute Gasteiger partial charge is 0.227 e. The fraction of sp³-hybridized carbons (Fsp3) is 0. The van der Waals surface area contributed by atoms with Crippen LogP contribution in [0.25, 0.3) is 33.4 Å². The van der Waals surface area contributed by atoms with Gasteiger partial charge in [-0.15, -0.1) is 0 Å². The van der Waals surface area contributed by atoms with Crippen molar-refractivity contribution in [2.45, 2.75) is 0 Å². The number of rotatable bonds is 2. The van der Waals surface area contributed by atoms with Gasteiger partial charge < -0.3 is 0 Å². The van der Waals surface area contributed by atoms with Crippen LogP contribution in [0.4, 0.5) is 17.6 Å². The summed E-state index contributed by atoms with van der Waals surface area (Å²) in [5.74, 6) is -5.42. The molecule has 210 valence electrons. The molecule has 1 aromatic carbocycles. The predicted molar refractivity (Wildman–Crippen MR) is 145 cm³/mol. The average molecular weight is 604 g/mol. The van der Waals surface area contributed by atoms with Gasteiger partial charge in [-0.3, -0.25) is 0 Å². The van der Waals surface area contributed by atoms with Crippen molar-refractivity contribution in [3.63, 3.8) is 0 Å². The Bertz CT molecular complexity index is 2290. The van der Waals surface area contributed by atoms with Gasteiger partial charge in [0.1, 0.15) is 71.3 Å². The molecule has 0 bridgehead atoms. The summed E-state index contributed by atoms with van der Waals surface area (Å²) in [5, 5.41) is 79.0. The number of hydrogen-bond donors (Lipinski definition) is 0. The summed E-state index contributed by atoms with van der Waals surface area (Å²) in [6.07, 6.45) is 1.52. The summed E-state index contributed by atoms with van der Waals surface area (Å²) in [6.45, 7) is 0. The molecule has 10 nitrogen and oxygen atoms in total. The predicted octanol–water partition coefficient (Wildman–Crippen LogP) is 5.27. The first-order valence-electron chi connectivity index (χ1n) is 12.2. The molecule has 0 N–H and O–H groups in total. The first-order chi connectivity index (χ1) is 22.2. The smallest absolute Gasteiger partial charge is 0.213 e. The van der Waals surface area contributed by atoms with Crippen LogP contribution in [-0.2, 0) is 0 Å². The SMILES string of the molecule is N#CC(C#N)=C1C(c2cc(F)ncc2C#N)=C(C#N)c2c(F)c3c(c(F)c21)C(C#N)=C(c1cc(F)ncc1C#N)C3=C(C#N)C#N. The highest BCUT2D eigenvalue weighted by Gasteiger charge is 2.45. The Morgan fingerprint density at radius 1 is 0.500 bits per heavy atom. The van der Waals surface area contributed by atoms with Crippen LogP contribution in [0.5, 0.6) is 0 Å². The highest BCUT2D eigenvalue weighted by molar-refractivity contribution is 6.30. The molecule has 2 heterocycles. The summed E-state index contributed by atoms with van der Waals surface area (Å²) in [7, 11) is 0. The fourth-order valence-corrected chi connectivity index (χ4v) is 5.37. The molecule has 0 amide bonds. The van der Waals surface area contributed by atoms with Gasteiger partial charge in [-0.1, -0.05) is 0 Å². The van der Waals surface area contributed by atoms with Crippen molar-refractivity contribution in [3.05, 3.63) is 104 Å². The fourth-order valence-electron chi connectivity index (χ4n) is 5.37. The quantitative estimate of drug-likeness (QED) is 0.209. The zero-order chi connectivity index (χ0) is 33.4. The number of nitriles is 8. The zero-order valence-corrected chi connectivity index (χ0v) is 22.3. The van der Waals surface area contributed by atoms with Crippen molar-refractivity contribution in [3.8, 4) is 48.6 Å². The maximum Gasteiger partial charge on any atom is 0.213 e. The zero-order valence-electron chi connectivity index (χ0n) is 22.3. The van der Waals surface area contributed by atoms with E-state index in [1.165, 1.54) is 24.3 Å². The summed E-state index contributed by atoms with van der Waals surface area (Å²) >= 11 is 0. The van der Waals surface area contributed by atoms with E-state index in [1.807, 2.05) is 0 Å². The number of hydrogen-bond acceptors (Lipinski definition) is 10. The van der Waals surface area contributed by atoms with E-state index in [0.717, 1.165) is 12.4 Å². The molecule has 2 aliphatic carbocycles. The lowest BCUT2D eigenvalue weighted by Crippen LogP contribution is -2.05. The van der Waals surface area contributed by atoms with Gasteiger partial charge in [-0.05, 0) is 0 Å². The minimum absolute atomic E-state index is 0.404. The van der Waals surface area contributed by atoms with Gasteiger partial charge >= 0.3 is 0 Å². The van der Waals surface area contributed by atoms with Crippen LogP contribution < -0.4 is 0 Å². The van der Waals surface area contributed by atoms with Gasteiger partial charge in [0, 0.05) is 80.2 Å². The van der Waals surface area contributed by atoms with Gasteiger partial charge in [0.15, 0.2) is 0 Å². The summed E-state index contributed by atoms with van der Waals surface area (Å²) < 4.78 is 62.7. The van der Waals surface area contributed by atoms with Gasteiger partial charge in [-0.25, -0.2) is 18.7 Å². The number of benzene rings is 1. The molecule has 0 radical (unpaired) electrons. The van der Waals surface area contributed by atoms with Crippen LogP contribution in [0.3, 0.4) is 0 Å². The van der Waals surface area contributed by atoms with Crippen molar-refractivity contribution < 1.29 is 17.6 Å². The second-order valence-corrected chi connectivity index (χ2v) is 9.13. The van der Waals surface area contributed by atoms with Crippen LogP contribution in [0.15, 0.2) is 35.7 Å². The molecule has 0 saturated heterocycles. The number of fused-ring (bicyclic) bond motifs is 2. The molecule has 0 spiro atoms. The minimum atomic E-state index is -1.52. The van der Waals surface area contributed by atoms with Crippen LogP contribution in [0.1, 0.15) is 44.5 Å². The second-order valence-electron chi connectivity index (χ2n) is 9.13. The summed E-state index contributed by atoms with van der Waals surface area (Å²) in [4.78, 5) is 6.70. The Hall–Kier alpha value is -7.88. The van der Waals surface area contributed by atoms with E-state index in [2.05, 4.69) is 9.97 Å². The molecular weight excluding hydrogens is 600 g/mol. The highest BCUT2D eigenvalue weighted by atomic mass is 19.1. The van der Waals surface area contributed by atoms with E-state index < -0.39 is 113 Å². The summed E-state index contributed by atoms with van der Waals surface area (Å²) in [6, 6.07) is 14.0. The standard InChI is InChI=1S/C32H4F4N10/c33-21-1-17(15(7-41)11-45-21)25-19(9-43)27-29(23(25)13(3-37)4-38)32(36)28-20(10-44)26(18-2-22(34)46-12-16(18)8-42)24(14(5-39)6-40)30(28)31(27)35/h1-2,11-12H. The third kappa shape index (κ3) is 3.96. The molecule has 0 fully saturated rings. The Labute approximate surface area is 255 Å². The maximum absolute atomic E-state index is 17.0. The molecule has 0 aliphatic heterocycles. The Morgan fingerprint density at radius 2 is 0.848 bits per heavy atom.